The number of guanidine groups is 1. The van der Waals surface area contributed by atoms with Crippen LogP contribution < -0.4 is 5.32 Å². The number of nitrogens with one attached hydrogen (secondary N) is 1. The van der Waals surface area contributed by atoms with Crippen LogP contribution in [0.3, 0.4) is 0 Å². The van der Waals surface area contributed by atoms with Gasteiger partial charge in [0, 0.05) is 64.8 Å². The molecule has 1 aromatic rings. The molecule has 0 saturated carbocycles. The van der Waals surface area contributed by atoms with E-state index in [9.17, 15) is 4.79 Å². The summed E-state index contributed by atoms with van der Waals surface area (Å²) in [5.41, 5.74) is 1.20. The lowest BCUT2D eigenvalue weighted by molar-refractivity contribution is -0.130. The van der Waals surface area contributed by atoms with Crippen LogP contribution >= 0.6 is 11.6 Å². The van der Waals surface area contributed by atoms with E-state index < -0.39 is 0 Å². The highest BCUT2D eigenvalue weighted by Crippen LogP contribution is 2.11. The average molecular weight is 380 g/mol. The number of hydrogen-bond donors (Lipinski definition) is 1. The molecule has 26 heavy (non-hydrogen) atoms. The quantitative estimate of drug-likeness (QED) is 0.606. The Morgan fingerprint density at radius 2 is 1.88 bits per heavy atom. The lowest BCUT2D eigenvalue weighted by Crippen LogP contribution is -2.48. The summed E-state index contributed by atoms with van der Waals surface area (Å²) >= 11 is 5.95. The molecule has 1 fully saturated rings. The van der Waals surface area contributed by atoms with Crippen LogP contribution in [0.1, 0.15) is 19.4 Å². The van der Waals surface area contributed by atoms with E-state index in [2.05, 4.69) is 22.0 Å². The van der Waals surface area contributed by atoms with Gasteiger partial charge in [-0.3, -0.25) is 14.7 Å². The van der Waals surface area contributed by atoms with Gasteiger partial charge >= 0.3 is 0 Å². The van der Waals surface area contributed by atoms with Gasteiger partial charge in [0.25, 0.3) is 0 Å². The van der Waals surface area contributed by atoms with E-state index in [1.54, 1.807) is 6.92 Å². The summed E-state index contributed by atoms with van der Waals surface area (Å²) in [5.74, 6) is 1.07. The highest BCUT2D eigenvalue weighted by atomic mass is 35.5. The predicted octanol–water partition coefficient (Wildman–Crippen LogP) is 1.90. The van der Waals surface area contributed by atoms with E-state index in [1.807, 2.05) is 36.2 Å². The van der Waals surface area contributed by atoms with Crippen molar-refractivity contribution in [1.29, 1.82) is 0 Å². The Balaban J connectivity index is 1.83. The van der Waals surface area contributed by atoms with Crippen molar-refractivity contribution in [2.45, 2.75) is 20.4 Å². The fourth-order valence-corrected chi connectivity index (χ4v) is 3.12. The molecule has 1 aliphatic heterocycles. The van der Waals surface area contributed by atoms with Gasteiger partial charge in [-0.2, -0.15) is 0 Å². The fraction of sp³-hybridized carbons (Fsp3) is 0.579. The number of benzene rings is 1. The molecule has 0 aromatic heterocycles. The van der Waals surface area contributed by atoms with Crippen LogP contribution in [0.2, 0.25) is 5.02 Å². The molecule has 1 amide bonds. The molecule has 144 valence electrons. The van der Waals surface area contributed by atoms with Crippen molar-refractivity contribution in [1.82, 2.24) is 20.0 Å². The molecule has 1 N–H and O–H groups in total. The number of halogens is 1. The third kappa shape index (κ3) is 6.50. The molecule has 1 saturated heterocycles. The van der Waals surface area contributed by atoms with E-state index >= 15 is 0 Å². The minimum absolute atomic E-state index is 0.168. The Morgan fingerprint density at radius 1 is 1.23 bits per heavy atom. The number of nitrogens with zero attached hydrogens (tertiary/aromatic N) is 4. The third-order valence-corrected chi connectivity index (χ3v) is 4.78. The lowest BCUT2D eigenvalue weighted by atomic mass is 10.2. The molecule has 0 aliphatic carbocycles. The Kier molecular flexibility index (Phi) is 8.19. The van der Waals surface area contributed by atoms with Crippen LogP contribution in [0.15, 0.2) is 29.3 Å². The van der Waals surface area contributed by atoms with Gasteiger partial charge < -0.3 is 15.1 Å². The van der Waals surface area contributed by atoms with E-state index in [0.29, 0.717) is 0 Å². The second kappa shape index (κ2) is 10.4. The second-order valence-electron chi connectivity index (χ2n) is 6.57. The van der Waals surface area contributed by atoms with E-state index in [4.69, 9.17) is 16.6 Å². The topological polar surface area (TPSA) is 51.2 Å². The normalized spacial score (nSPS) is 15.8. The molecule has 6 nitrogen and oxygen atoms in total. The summed E-state index contributed by atoms with van der Waals surface area (Å²) < 4.78 is 0. The highest BCUT2D eigenvalue weighted by Gasteiger charge is 2.18. The average Bonchev–Trinajstić information content (AvgIpc) is 2.63. The zero-order valence-electron chi connectivity index (χ0n) is 16.0. The monoisotopic (exact) mass is 379 g/mol. The number of amides is 1. The van der Waals surface area contributed by atoms with Gasteiger partial charge in [0.2, 0.25) is 5.91 Å². The molecular weight excluding hydrogens is 350 g/mol. The molecule has 7 heteroatoms. The first-order chi connectivity index (χ1) is 12.5. The molecular formula is C19H30ClN5O. The standard InChI is InChI=1S/C19H30ClN5O/c1-4-21-19(23(3)15-17-5-7-18(20)8-6-17)22-9-10-24-11-13-25(14-12-24)16(2)26/h5-8H,4,9-15H2,1-3H3,(H,21,22). The summed E-state index contributed by atoms with van der Waals surface area (Å²) in [5, 5.41) is 4.10. The Bertz CT molecular complexity index is 596. The molecule has 0 atom stereocenters. The lowest BCUT2D eigenvalue weighted by Gasteiger charge is -2.33. The van der Waals surface area contributed by atoms with E-state index in [-0.39, 0.29) is 5.91 Å². The number of aliphatic imine (C=N–C) groups is 1. The van der Waals surface area contributed by atoms with Crippen molar-refractivity contribution in [3.63, 3.8) is 0 Å². The number of piperazine rings is 1. The summed E-state index contributed by atoms with van der Waals surface area (Å²) in [6.45, 7) is 10.5. The van der Waals surface area contributed by atoms with E-state index in [0.717, 1.165) is 63.3 Å². The Labute approximate surface area is 161 Å². The van der Waals surface area contributed by atoms with Gasteiger partial charge in [-0.25, -0.2) is 0 Å². The molecule has 2 rings (SSSR count). The minimum Gasteiger partial charge on any atom is -0.357 e. The number of rotatable bonds is 6. The SMILES string of the molecule is CCNC(=NCCN1CCN(C(C)=O)CC1)N(C)Cc1ccc(Cl)cc1. The van der Waals surface area contributed by atoms with E-state index in [1.165, 1.54) is 5.56 Å². The molecule has 0 spiro atoms. The zero-order valence-corrected chi connectivity index (χ0v) is 16.8. The van der Waals surface area contributed by atoms with Crippen molar-refractivity contribution in [2.75, 3.05) is 52.9 Å². The van der Waals surface area contributed by atoms with Crippen LogP contribution in [-0.2, 0) is 11.3 Å². The maximum absolute atomic E-state index is 11.4. The van der Waals surface area contributed by atoms with Crippen molar-refractivity contribution < 1.29 is 4.79 Å². The number of carbonyl (C=O) groups excluding carboxylic acids is 1. The smallest absolute Gasteiger partial charge is 0.219 e. The first kappa shape index (κ1) is 20.5. The molecule has 0 radical (unpaired) electrons. The van der Waals surface area contributed by atoms with Gasteiger partial charge in [-0.1, -0.05) is 23.7 Å². The summed E-state index contributed by atoms with van der Waals surface area (Å²) in [4.78, 5) is 22.5. The molecule has 1 heterocycles. The number of hydrogen-bond acceptors (Lipinski definition) is 3. The van der Waals surface area contributed by atoms with Crippen LogP contribution in [0, 0.1) is 0 Å². The highest BCUT2D eigenvalue weighted by molar-refractivity contribution is 6.30. The Hall–Kier alpha value is -1.79. The third-order valence-electron chi connectivity index (χ3n) is 4.52. The first-order valence-corrected chi connectivity index (χ1v) is 9.59. The zero-order chi connectivity index (χ0) is 18.9. The maximum atomic E-state index is 11.4. The van der Waals surface area contributed by atoms with Crippen molar-refractivity contribution in [3.8, 4) is 0 Å². The van der Waals surface area contributed by atoms with Crippen LogP contribution in [-0.4, -0.2) is 79.4 Å². The molecule has 0 bridgehead atoms. The Morgan fingerprint density at radius 3 is 2.46 bits per heavy atom. The first-order valence-electron chi connectivity index (χ1n) is 9.21. The second-order valence-corrected chi connectivity index (χ2v) is 7.00. The van der Waals surface area contributed by atoms with Gasteiger partial charge in [0.15, 0.2) is 5.96 Å². The largest absolute Gasteiger partial charge is 0.357 e. The van der Waals surface area contributed by atoms with Crippen LogP contribution in [0.25, 0.3) is 0 Å². The maximum Gasteiger partial charge on any atom is 0.219 e. The van der Waals surface area contributed by atoms with Crippen molar-refractivity contribution >= 4 is 23.5 Å². The fourth-order valence-electron chi connectivity index (χ4n) is 2.99. The van der Waals surface area contributed by atoms with Gasteiger partial charge in [-0.15, -0.1) is 0 Å². The molecule has 1 aliphatic rings. The minimum atomic E-state index is 0.168. The number of carbonyl (C=O) groups is 1. The summed E-state index contributed by atoms with van der Waals surface area (Å²) in [6.07, 6.45) is 0. The summed E-state index contributed by atoms with van der Waals surface area (Å²) in [6, 6.07) is 7.90. The summed E-state index contributed by atoms with van der Waals surface area (Å²) in [7, 11) is 2.04. The molecule has 1 aromatic carbocycles. The van der Waals surface area contributed by atoms with Gasteiger partial charge in [-0.05, 0) is 24.6 Å². The van der Waals surface area contributed by atoms with Gasteiger partial charge in [0.05, 0.1) is 6.54 Å². The predicted molar refractivity (Wildman–Crippen MR) is 108 cm³/mol. The van der Waals surface area contributed by atoms with Gasteiger partial charge in [0.1, 0.15) is 0 Å². The van der Waals surface area contributed by atoms with Crippen molar-refractivity contribution in [2.24, 2.45) is 4.99 Å². The van der Waals surface area contributed by atoms with Crippen LogP contribution in [0.4, 0.5) is 0 Å². The van der Waals surface area contributed by atoms with Crippen LogP contribution in [0.5, 0.6) is 0 Å². The molecule has 0 unspecified atom stereocenters. The van der Waals surface area contributed by atoms with Crippen molar-refractivity contribution in [3.05, 3.63) is 34.9 Å².